The van der Waals surface area contributed by atoms with E-state index in [4.69, 9.17) is 13.3 Å². The molecule has 4 aromatic heterocycles. The molecule has 0 radical (unpaired) electrons. The smallest absolute Gasteiger partial charge is 0.143 e. The van der Waals surface area contributed by atoms with Crippen LogP contribution < -0.4 is 4.90 Å². The van der Waals surface area contributed by atoms with Gasteiger partial charge in [-0.3, -0.25) is 4.98 Å². The molecule has 44 heavy (non-hydrogen) atoms. The number of rotatable bonds is 3. The third kappa shape index (κ3) is 3.26. The zero-order valence-corrected chi connectivity index (χ0v) is 23.3. The monoisotopic (exact) mass is 566 g/mol. The number of nitrogens with zero attached hydrogens (tertiary/aromatic N) is 2. The molecule has 0 atom stereocenters. The number of pyridine rings is 1. The van der Waals surface area contributed by atoms with Crippen molar-refractivity contribution in [2.24, 2.45) is 0 Å². The van der Waals surface area contributed by atoms with Crippen LogP contribution in [-0.2, 0) is 0 Å². The first-order valence-electron chi connectivity index (χ1n) is 14.6. The van der Waals surface area contributed by atoms with Crippen molar-refractivity contribution in [3.05, 3.63) is 134 Å². The molecule has 206 valence electrons. The molecule has 0 aliphatic heterocycles. The van der Waals surface area contributed by atoms with Gasteiger partial charge in [-0.25, -0.2) is 0 Å². The Balaban J connectivity index is 1.30. The summed E-state index contributed by atoms with van der Waals surface area (Å²) in [4.78, 5) is 6.63. The molecule has 0 N–H and O–H groups in total. The molecular weight excluding hydrogens is 544 g/mol. The SMILES string of the molecule is c1ccc2c(c1)oc1ccc(N(c3ccc4oc5ccccc5c4c3)c3cccc4oc5c6ccncc6ccc5c34)cc12. The summed E-state index contributed by atoms with van der Waals surface area (Å²) >= 11 is 0. The van der Waals surface area contributed by atoms with E-state index in [1.807, 2.05) is 48.8 Å². The molecule has 10 aromatic rings. The quantitative estimate of drug-likeness (QED) is 0.213. The minimum absolute atomic E-state index is 0.830. The Kier molecular flexibility index (Phi) is 4.66. The van der Waals surface area contributed by atoms with Crippen molar-refractivity contribution in [1.82, 2.24) is 4.98 Å². The molecule has 0 aliphatic rings. The third-order valence-electron chi connectivity index (χ3n) is 8.73. The topological polar surface area (TPSA) is 55.6 Å². The first-order valence-corrected chi connectivity index (χ1v) is 14.6. The van der Waals surface area contributed by atoms with Gasteiger partial charge in [0.25, 0.3) is 0 Å². The number of aromatic nitrogens is 1. The van der Waals surface area contributed by atoms with Crippen LogP contribution in [0.2, 0.25) is 0 Å². The molecule has 6 aromatic carbocycles. The van der Waals surface area contributed by atoms with E-state index in [-0.39, 0.29) is 0 Å². The fourth-order valence-corrected chi connectivity index (χ4v) is 6.75. The van der Waals surface area contributed by atoms with E-state index in [0.717, 1.165) is 93.7 Å². The van der Waals surface area contributed by atoms with Gasteiger partial charge in [0.05, 0.1) is 11.1 Å². The van der Waals surface area contributed by atoms with Crippen molar-refractivity contribution in [3.63, 3.8) is 0 Å². The maximum Gasteiger partial charge on any atom is 0.143 e. The van der Waals surface area contributed by atoms with Crippen LogP contribution in [0.15, 0.2) is 147 Å². The van der Waals surface area contributed by atoms with Crippen molar-refractivity contribution in [1.29, 1.82) is 0 Å². The van der Waals surface area contributed by atoms with Crippen LogP contribution in [0, 0.1) is 0 Å². The summed E-state index contributed by atoms with van der Waals surface area (Å²) in [6.07, 6.45) is 3.70. The van der Waals surface area contributed by atoms with E-state index in [9.17, 15) is 0 Å². The minimum atomic E-state index is 0.830. The zero-order chi connectivity index (χ0) is 28.8. The summed E-state index contributed by atoms with van der Waals surface area (Å²) in [5, 5.41) is 8.52. The fourth-order valence-electron chi connectivity index (χ4n) is 6.75. The van der Waals surface area contributed by atoms with Crippen LogP contribution in [0.5, 0.6) is 0 Å². The van der Waals surface area contributed by atoms with Crippen LogP contribution in [0.3, 0.4) is 0 Å². The molecule has 0 spiro atoms. The summed E-state index contributed by atoms with van der Waals surface area (Å²) in [6.45, 7) is 0. The van der Waals surface area contributed by atoms with E-state index in [2.05, 4.69) is 94.8 Å². The van der Waals surface area contributed by atoms with Gasteiger partial charge in [-0.1, -0.05) is 48.5 Å². The van der Waals surface area contributed by atoms with Crippen molar-refractivity contribution >= 4 is 93.7 Å². The highest BCUT2D eigenvalue weighted by molar-refractivity contribution is 6.20. The molecule has 5 nitrogen and oxygen atoms in total. The van der Waals surface area contributed by atoms with Gasteiger partial charge in [0.15, 0.2) is 0 Å². The van der Waals surface area contributed by atoms with Gasteiger partial charge in [0, 0.05) is 61.5 Å². The molecule has 0 amide bonds. The van der Waals surface area contributed by atoms with Gasteiger partial charge in [0.2, 0.25) is 0 Å². The lowest BCUT2D eigenvalue weighted by Gasteiger charge is -2.26. The largest absolute Gasteiger partial charge is 0.456 e. The molecular formula is C39H22N2O3. The van der Waals surface area contributed by atoms with E-state index in [1.165, 1.54) is 0 Å². The van der Waals surface area contributed by atoms with Gasteiger partial charge in [0.1, 0.15) is 33.5 Å². The lowest BCUT2D eigenvalue weighted by atomic mass is 10.0. The summed E-state index contributed by atoms with van der Waals surface area (Å²) in [7, 11) is 0. The first-order chi connectivity index (χ1) is 21.8. The van der Waals surface area contributed by atoms with Crippen LogP contribution in [0.25, 0.3) is 76.6 Å². The Morgan fingerprint density at radius 1 is 0.455 bits per heavy atom. The normalized spacial score (nSPS) is 12.1. The second kappa shape index (κ2) is 8.72. The molecule has 10 rings (SSSR count). The maximum atomic E-state index is 6.57. The highest BCUT2D eigenvalue weighted by Crippen LogP contribution is 2.46. The summed E-state index contributed by atoms with van der Waals surface area (Å²) in [6, 6.07) is 41.8. The maximum absolute atomic E-state index is 6.57. The lowest BCUT2D eigenvalue weighted by Crippen LogP contribution is -2.10. The standard InChI is InChI=1S/C39H22N2O3/c1-3-9-33-27(6-1)30-20-24(13-16-35(30)42-33)41(25-14-17-36-31(21-25)28-7-2-4-10-34(28)43-36)32-8-5-11-37-38(32)29-15-12-23-22-40-19-18-26(23)39(29)44-37/h1-22H. The number of hydrogen-bond acceptors (Lipinski definition) is 5. The summed E-state index contributed by atoms with van der Waals surface area (Å²) < 4.78 is 19.0. The fraction of sp³-hybridized carbons (Fsp3) is 0. The molecule has 5 heteroatoms. The van der Waals surface area contributed by atoms with Crippen LogP contribution in [0.1, 0.15) is 0 Å². The Morgan fingerprint density at radius 3 is 1.80 bits per heavy atom. The number of fused-ring (bicyclic) bond motifs is 11. The number of para-hydroxylation sites is 2. The van der Waals surface area contributed by atoms with Gasteiger partial charge >= 0.3 is 0 Å². The average Bonchev–Trinajstić information content (AvgIpc) is 3.76. The highest BCUT2D eigenvalue weighted by atomic mass is 16.3. The summed E-state index contributed by atoms with van der Waals surface area (Å²) in [5.74, 6) is 0. The number of benzene rings is 6. The zero-order valence-electron chi connectivity index (χ0n) is 23.3. The molecule has 0 saturated carbocycles. The van der Waals surface area contributed by atoms with Gasteiger partial charge in [-0.15, -0.1) is 0 Å². The lowest BCUT2D eigenvalue weighted by molar-refractivity contribution is 0.668. The Hall–Kier alpha value is -6.07. The molecule has 0 aliphatic carbocycles. The first kappa shape index (κ1) is 23.5. The number of hydrogen-bond donors (Lipinski definition) is 0. The average molecular weight is 567 g/mol. The van der Waals surface area contributed by atoms with Crippen LogP contribution in [-0.4, -0.2) is 4.98 Å². The van der Waals surface area contributed by atoms with Gasteiger partial charge in [-0.2, -0.15) is 0 Å². The number of furan rings is 3. The molecule has 0 saturated heterocycles. The second-order valence-electron chi connectivity index (χ2n) is 11.2. The van der Waals surface area contributed by atoms with E-state index in [1.54, 1.807) is 0 Å². The Labute approximate surface area is 250 Å². The molecule has 0 fully saturated rings. The second-order valence-corrected chi connectivity index (χ2v) is 11.2. The van der Waals surface area contributed by atoms with Crippen LogP contribution in [0.4, 0.5) is 17.1 Å². The highest BCUT2D eigenvalue weighted by Gasteiger charge is 2.22. The third-order valence-corrected chi connectivity index (χ3v) is 8.73. The Bertz CT molecular complexity index is 2630. The Morgan fingerprint density at radius 2 is 1.09 bits per heavy atom. The van der Waals surface area contributed by atoms with Gasteiger partial charge in [-0.05, 0) is 72.8 Å². The van der Waals surface area contributed by atoms with Crippen molar-refractivity contribution in [3.8, 4) is 0 Å². The van der Waals surface area contributed by atoms with Crippen molar-refractivity contribution in [2.45, 2.75) is 0 Å². The van der Waals surface area contributed by atoms with Crippen LogP contribution >= 0.6 is 0 Å². The van der Waals surface area contributed by atoms with Gasteiger partial charge < -0.3 is 18.2 Å². The predicted molar refractivity (Wildman–Crippen MR) is 178 cm³/mol. The summed E-state index contributed by atoms with van der Waals surface area (Å²) in [5.41, 5.74) is 8.22. The number of anilines is 3. The van der Waals surface area contributed by atoms with E-state index >= 15 is 0 Å². The molecule has 4 heterocycles. The van der Waals surface area contributed by atoms with E-state index < -0.39 is 0 Å². The molecule has 0 bridgehead atoms. The van der Waals surface area contributed by atoms with E-state index in [0.29, 0.717) is 0 Å². The van der Waals surface area contributed by atoms with Crippen molar-refractivity contribution < 1.29 is 13.3 Å². The predicted octanol–water partition coefficient (Wildman–Crippen LogP) is 11.4. The van der Waals surface area contributed by atoms with Crippen molar-refractivity contribution in [2.75, 3.05) is 4.90 Å². The minimum Gasteiger partial charge on any atom is -0.456 e. The molecule has 0 unspecified atom stereocenters.